The van der Waals surface area contributed by atoms with Gasteiger partial charge in [-0.3, -0.25) is 10.1 Å². The van der Waals surface area contributed by atoms with Gasteiger partial charge in [-0.25, -0.2) is 4.98 Å². The van der Waals surface area contributed by atoms with E-state index in [1.165, 1.54) is 16.4 Å². The Morgan fingerprint density at radius 3 is 3.22 bits per heavy atom. The van der Waals surface area contributed by atoms with Crippen LogP contribution < -0.4 is 5.32 Å². The Morgan fingerprint density at radius 2 is 2.44 bits per heavy atom. The quantitative estimate of drug-likeness (QED) is 0.912. The molecule has 0 atom stereocenters. The highest BCUT2D eigenvalue weighted by Crippen LogP contribution is 2.27. The number of hydrogen-bond acceptors (Lipinski definition) is 6. The van der Waals surface area contributed by atoms with Gasteiger partial charge in [0.05, 0.1) is 5.69 Å². The van der Waals surface area contributed by atoms with Crippen molar-refractivity contribution >= 4 is 33.9 Å². The van der Waals surface area contributed by atoms with Crippen LogP contribution in [0.25, 0.3) is 0 Å². The third-order valence-electron chi connectivity index (χ3n) is 2.81. The van der Waals surface area contributed by atoms with Gasteiger partial charge in [0.2, 0.25) is 0 Å². The molecule has 0 aromatic carbocycles. The van der Waals surface area contributed by atoms with Gasteiger partial charge in [-0.15, -0.1) is 11.3 Å². The summed E-state index contributed by atoms with van der Waals surface area (Å²) in [6.07, 6.45) is 0.953. The molecule has 7 heteroatoms. The zero-order valence-electron chi connectivity index (χ0n) is 9.84. The van der Waals surface area contributed by atoms with Crippen molar-refractivity contribution in [3.8, 4) is 0 Å². The van der Waals surface area contributed by atoms with Gasteiger partial charge in [-0.2, -0.15) is 4.37 Å². The number of thiazole rings is 1. The van der Waals surface area contributed by atoms with E-state index in [0.29, 0.717) is 10.8 Å². The summed E-state index contributed by atoms with van der Waals surface area (Å²) in [6, 6.07) is 1.71. The molecule has 0 bridgehead atoms. The molecule has 2 aromatic heterocycles. The number of carbonyl (C=O) groups excluding carboxylic acids is 1. The molecule has 2 aromatic rings. The number of aromatic nitrogens is 2. The van der Waals surface area contributed by atoms with Crippen LogP contribution >= 0.6 is 22.9 Å². The van der Waals surface area contributed by atoms with Crippen molar-refractivity contribution in [1.29, 1.82) is 0 Å². The van der Waals surface area contributed by atoms with Crippen LogP contribution in [0.1, 0.15) is 21.1 Å². The Bertz CT molecular complexity index is 564. The van der Waals surface area contributed by atoms with Gasteiger partial charge < -0.3 is 4.90 Å². The standard InChI is InChI=1S/C11H12N4OS2/c1-15-4-2-7-9(6-15)18-11(12-7)13-10(16)8-3-5-17-14-8/h3,5H,2,4,6H2,1H3,(H,12,13,16). The van der Waals surface area contributed by atoms with E-state index < -0.39 is 0 Å². The average molecular weight is 280 g/mol. The van der Waals surface area contributed by atoms with Crippen LogP contribution in [0.5, 0.6) is 0 Å². The van der Waals surface area contributed by atoms with Gasteiger partial charge in [0.15, 0.2) is 5.13 Å². The van der Waals surface area contributed by atoms with Crippen LogP contribution in [0.3, 0.4) is 0 Å². The van der Waals surface area contributed by atoms with Crippen molar-refractivity contribution in [2.45, 2.75) is 13.0 Å². The van der Waals surface area contributed by atoms with Crippen molar-refractivity contribution in [2.75, 3.05) is 18.9 Å². The molecule has 0 unspecified atom stereocenters. The maximum atomic E-state index is 11.8. The molecule has 0 saturated heterocycles. The fourth-order valence-electron chi connectivity index (χ4n) is 1.87. The van der Waals surface area contributed by atoms with Crippen LogP contribution in [0.2, 0.25) is 0 Å². The largest absolute Gasteiger partial charge is 0.301 e. The van der Waals surface area contributed by atoms with Gasteiger partial charge in [-0.1, -0.05) is 0 Å². The second-order valence-electron chi connectivity index (χ2n) is 4.22. The van der Waals surface area contributed by atoms with E-state index in [1.54, 1.807) is 22.8 Å². The predicted molar refractivity (Wildman–Crippen MR) is 72.2 cm³/mol. The Labute approximate surface area is 113 Å². The van der Waals surface area contributed by atoms with Crippen molar-refractivity contribution < 1.29 is 4.79 Å². The monoisotopic (exact) mass is 280 g/mol. The summed E-state index contributed by atoms with van der Waals surface area (Å²) in [5, 5.41) is 5.27. The lowest BCUT2D eigenvalue weighted by Gasteiger charge is -2.20. The Morgan fingerprint density at radius 1 is 1.56 bits per heavy atom. The van der Waals surface area contributed by atoms with Gasteiger partial charge in [-0.05, 0) is 24.6 Å². The van der Waals surface area contributed by atoms with Crippen LogP contribution in [0.15, 0.2) is 11.4 Å². The Kier molecular flexibility index (Phi) is 3.11. The Balaban J connectivity index is 1.76. The number of carbonyl (C=O) groups is 1. The molecule has 94 valence electrons. The van der Waals surface area contributed by atoms with E-state index in [0.717, 1.165) is 25.2 Å². The van der Waals surface area contributed by atoms with Gasteiger partial charge in [0, 0.05) is 29.8 Å². The lowest BCUT2D eigenvalue weighted by molar-refractivity contribution is 0.102. The molecule has 5 nitrogen and oxygen atoms in total. The van der Waals surface area contributed by atoms with Crippen molar-refractivity contribution in [2.24, 2.45) is 0 Å². The van der Waals surface area contributed by atoms with Gasteiger partial charge in [0.25, 0.3) is 5.91 Å². The molecule has 1 amide bonds. The lowest BCUT2D eigenvalue weighted by atomic mass is 10.2. The van der Waals surface area contributed by atoms with Gasteiger partial charge >= 0.3 is 0 Å². The molecule has 1 N–H and O–H groups in total. The number of hydrogen-bond donors (Lipinski definition) is 1. The zero-order valence-corrected chi connectivity index (χ0v) is 11.5. The summed E-state index contributed by atoms with van der Waals surface area (Å²) < 4.78 is 4.00. The topological polar surface area (TPSA) is 58.1 Å². The summed E-state index contributed by atoms with van der Waals surface area (Å²) in [7, 11) is 2.09. The molecule has 0 radical (unpaired) electrons. The fourth-order valence-corrected chi connectivity index (χ4v) is 3.46. The number of rotatable bonds is 2. The lowest BCUT2D eigenvalue weighted by Crippen LogP contribution is -2.25. The smallest absolute Gasteiger partial charge is 0.277 e. The number of nitrogens with zero attached hydrogens (tertiary/aromatic N) is 3. The SMILES string of the molecule is CN1CCc2nc(NC(=O)c3ccsn3)sc2C1. The first-order valence-corrected chi connectivity index (χ1v) is 7.26. The van der Waals surface area contributed by atoms with E-state index in [1.807, 2.05) is 0 Å². The van der Waals surface area contributed by atoms with Crippen LogP contribution in [-0.4, -0.2) is 33.8 Å². The summed E-state index contributed by atoms with van der Waals surface area (Å²) in [5.41, 5.74) is 1.57. The summed E-state index contributed by atoms with van der Waals surface area (Å²) in [6.45, 7) is 1.94. The van der Waals surface area contributed by atoms with E-state index in [-0.39, 0.29) is 5.91 Å². The fraction of sp³-hybridized carbons (Fsp3) is 0.364. The summed E-state index contributed by atoms with van der Waals surface area (Å²) >= 11 is 2.83. The zero-order chi connectivity index (χ0) is 12.5. The molecule has 3 rings (SSSR count). The van der Waals surface area contributed by atoms with Crippen molar-refractivity contribution in [1.82, 2.24) is 14.3 Å². The maximum absolute atomic E-state index is 11.8. The average Bonchev–Trinajstić information content (AvgIpc) is 2.95. The van der Waals surface area contributed by atoms with Crippen LogP contribution in [0, 0.1) is 0 Å². The van der Waals surface area contributed by atoms with E-state index in [9.17, 15) is 4.79 Å². The number of amides is 1. The minimum atomic E-state index is -0.185. The molecule has 0 aliphatic carbocycles. The second kappa shape index (κ2) is 4.75. The molecule has 1 aliphatic rings. The van der Waals surface area contributed by atoms with Crippen molar-refractivity contribution in [3.05, 3.63) is 27.7 Å². The predicted octanol–water partition coefficient (Wildman–Crippen LogP) is 1.84. The molecule has 18 heavy (non-hydrogen) atoms. The number of fused-ring (bicyclic) bond motifs is 1. The third-order valence-corrected chi connectivity index (χ3v) is 4.37. The van der Waals surface area contributed by atoms with Crippen LogP contribution in [0.4, 0.5) is 5.13 Å². The molecular formula is C11H12N4OS2. The van der Waals surface area contributed by atoms with Crippen molar-refractivity contribution in [3.63, 3.8) is 0 Å². The second-order valence-corrected chi connectivity index (χ2v) is 5.96. The number of anilines is 1. The molecule has 3 heterocycles. The minimum Gasteiger partial charge on any atom is -0.301 e. The highest BCUT2D eigenvalue weighted by molar-refractivity contribution is 7.15. The van der Waals surface area contributed by atoms with E-state index in [2.05, 4.69) is 26.6 Å². The maximum Gasteiger partial charge on any atom is 0.277 e. The number of likely N-dealkylation sites (N-methyl/N-ethyl adjacent to an activating group) is 1. The molecule has 1 aliphatic heterocycles. The highest BCUT2D eigenvalue weighted by atomic mass is 32.1. The van der Waals surface area contributed by atoms with Gasteiger partial charge in [0.1, 0.15) is 5.69 Å². The molecule has 0 fully saturated rings. The summed E-state index contributed by atoms with van der Waals surface area (Å²) in [4.78, 5) is 19.8. The molecular weight excluding hydrogens is 268 g/mol. The first-order chi connectivity index (χ1) is 8.72. The van der Waals surface area contributed by atoms with Crippen LogP contribution in [-0.2, 0) is 13.0 Å². The minimum absolute atomic E-state index is 0.185. The first kappa shape index (κ1) is 11.8. The Hall–Kier alpha value is -1.31. The number of nitrogens with one attached hydrogen (secondary N) is 1. The molecule has 0 saturated carbocycles. The van der Waals surface area contributed by atoms with E-state index in [4.69, 9.17) is 0 Å². The third kappa shape index (κ3) is 2.29. The molecule has 0 spiro atoms. The first-order valence-electron chi connectivity index (χ1n) is 5.61. The van der Waals surface area contributed by atoms with E-state index >= 15 is 0 Å². The highest BCUT2D eigenvalue weighted by Gasteiger charge is 2.19. The summed E-state index contributed by atoms with van der Waals surface area (Å²) in [5.74, 6) is -0.185. The normalized spacial score (nSPS) is 15.4.